The number of imide groups is 1. The molecule has 2 aromatic rings. The van der Waals surface area contributed by atoms with Gasteiger partial charge in [-0.05, 0) is 5.56 Å². The van der Waals surface area contributed by atoms with Crippen LogP contribution in [0.1, 0.15) is 15.9 Å². The van der Waals surface area contributed by atoms with Crippen molar-refractivity contribution in [3.05, 3.63) is 86.0 Å². The number of benzene rings is 2. The largest absolute Gasteiger partial charge is 0.460 e. The number of nitrogens with zero attached hydrogens (tertiary/aromatic N) is 3. The molecule has 0 saturated heterocycles. The Morgan fingerprint density at radius 3 is 2.13 bits per heavy atom. The van der Waals surface area contributed by atoms with Gasteiger partial charge in [0, 0.05) is 18.2 Å². The van der Waals surface area contributed by atoms with E-state index in [0.29, 0.717) is 5.56 Å². The quantitative estimate of drug-likeness (QED) is 0.291. The third kappa shape index (κ3) is 4.19. The maximum absolute atomic E-state index is 12.4. The summed E-state index contributed by atoms with van der Waals surface area (Å²) in [6.07, 6.45) is 1.18. The minimum atomic E-state index is -1.06. The van der Waals surface area contributed by atoms with Crippen molar-refractivity contribution < 1.29 is 29.0 Å². The fourth-order valence-electron chi connectivity index (χ4n) is 2.78. The molecule has 0 radical (unpaired) electrons. The van der Waals surface area contributed by atoms with E-state index >= 15 is 0 Å². The lowest BCUT2D eigenvalue weighted by atomic mass is 10.1. The molecular weight excluding hydrogens is 398 g/mol. The molecule has 152 valence electrons. The van der Waals surface area contributed by atoms with E-state index < -0.39 is 44.6 Å². The van der Waals surface area contributed by atoms with Crippen molar-refractivity contribution in [2.45, 2.75) is 0 Å². The van der Waals surface area contributed by atoms with Gasteiger partial charge in [0.2, 0.25) is 0 Å². The van der Waals surface area contributed by atoms with Gasteiger partial charge in [0.05, 0.1) is 33.6 Å². The molecule has 11 heteroatoms. The lowest BCUT2D eigenvalue weighted by molar-refractivity contribution is -0.394. The van der Waals surface area contributed by atoms with Gasteiger partial charge in [0.1, 0.15) is 6.61 Å². The SMILES string of the molecule is O=C(OCCN1C(=O)C=C(c2ccccc2)C1=O)c1cc([N+](=O)[O-])cc([N+](=O)[O-])c1. The first kappa shape index (κ1) is 20.3. The molecular formula is C19H13N3O8. The first-order valence-corrected chi connectivity index (χ1v) is 8.52. The lowest BCUT2D eigenvalue weighted by Gasteiger charge is -2.15. The van der Waals surface area contributed by atoms with E-state index in [1.807, 2.05) is 0 Å². The topological polar surface area (TPSA) is 150 Å². The number of carbonyl (C=O) groups is 3. The fourth-order valence-corrected chi connectivity index (χ4v) is 2.78. The predicted molar refractivity (Wildman–Crippen MR) is 101 cm³/mol. The van der Waals surface area contributed by atoms with Crippen LogP contribution in [0.4, 0.5) is 11.4 Å². The molecule has 3 rings (SSSR count). The Balaban J connectivity index is 1.65. The summed E-state index contributed by atoms with van der Waals surface area (Å²) in [5.74, 6) is -2.17. The van der Waals surface area contributed by atoms with Crippen LogP contribution in [0.15, 0.2) is 54.6 Å². The molecule has 0 unspecified atom stereocenters. The minimum absolute atomic E-state index is 0.209. The zero-order chi connectivity index (χ0) is 21.8. The summed E-state index contributed by atoms with van der Waals surface area (Å²) < 4.78 is 4.94. The van der Waals surface area contributed by atoms with Crippen LogP contribution in [0.25, 0.3) is 5.57 Å². The van der Waals surface area contributed by atoms with Crippen LogP contribution in [-0.2, 0) is 14.3 Å². The predicted octanol–water partition coefficient (Wildman–Crippen LogP) is 2.11. The first-order chi connectivity index (χ1) is 14.3. The highest BCUT2D eigenvalue weighted by molar-refractivity contribution is 6.33. The van der Waals surface area contributed by atoms with E-state index in [9.17, 15) is 34.6 Å². The van der Waals surface area contributed by atoms with Gasteiger partial charge in [-0.1, -0.05) is 30.3 Å². The molecule has 0 bridgehead atoms. The molecule has 30 heavy (non-hydrogen) atoms. The smallest absolute Gasteiger partial charge is 0.338 e. The Kier molecular flexibility index (Phi) is 5.63. The molecule has 0 saturated carbocycles. The molecule has 2 aromatic carbocycles. The average molecular weight is 411 g/mol. The van der Waals surface area contributed by atoms with E-state index in [4.69, 9.17) is 4.74 Å². The van der Waals surface area contributed by atoms with Crippen LogP contribution in [-0.4, -0.2) is 45.7 Å². The van der Waals surface area contributed by atoms with Gasteiger partial charge in [-0.15, -0.1) is 0 Å². The van der Waals surface area contributed by atoms with Gasteiger partial charge in [0.25, 0.3) is 23.2 Å². The van der Waals surface area contributed by atoms with Gasteiger partial charge < -0.3 is 4.74 Å². The lowest BCUT2D eigenvalue weighted by Crippen LogP contribution is -2.34. The summed E-state index contributed by atoms with van der Waals surface area (Å²) in [6, 6.07) is 11.0. The highest BCUT2D eigenvalue weighted by Crippen LogP contribution is 2.24. The number of hydrogen-bond acceptors (Lipinski definition) is 8. The van der Waals surface area contributed by atoms with Gasteiger partial charge in [-0.3, -0.25) is 34.7 Å². The van der Waals surface area contributed by atoms with E-state index in [1.165, 1.54) is 6.08 Å². The minimum Gasteiger partial charge on any atom is -0.460 e. The van der Waals surface area contributed by atoms with Crippen molar-refractivity contribution in [1.29, 1.82) is 0 Å². The molecule has 0 spiro atoms. The summed E-state index contributed by atoms with van der Waals surface area (Å²) in [5.41, 5.74) is -0.894. The summed E-state index contributed by atoms with van der Waals surface area (Å²) in [5, 5.41) is 21.8. The molecule has 0 aliphatic carbocycles. The van der Waals surface area contributed by atoms with Crippen molar-refractivity contribution in [2.24, 2.45) is 0 Å². The molecule has 11 nitrogen and oxygen atoms in total. The number of rotatable bonds is 7. The Bertz CT molecular complexity index is 1060. The molecule has 0 atom stereocenters. The number of non-ortho nitro benzene ring substituents is 2. The molecule has 0 fully saturated rings. The maximum atomic E-state index is 12.4. The first-order valence-electron chi connectivity index (χ1n) is 8.52. The number of hydrogen-bond donors (Lipinski definition) is 0. The van der Waals surface area contributed by atoms with E-state index in [0.717, 1.165) is 23.1 Å². The van der Waals surface area contributed by atoms with Crippen molar-refractivity contribution >= 4 is 34.7 Å². The third-order valence-electron chi connectivity index (χ3n) is 4.20. The third-order valence-corrected chi connectivity index (χ3v) is 4.20. The number of amides is 2. The normalized spacial score (nSPS) is 13.2. The Morgan fingerprint density at radius 1 is 0.967 bits per heavy atom. The van der Waals surface area contributed by atoms with E-state index in [2.05, 4.69) is 0 Å². The van der Waals surface area contributed by atoms with E-state index in [-0.39, 0.29) is 18.7 Å². The highest BCUT2D eigenvalue weighted by atomic mass is 16.6. The van der Waals surface area contributed by atoms with Crippen LogP contribution in [0.2, 0.25) is 0 Å². The van der Waals surface area contributed by atoms with Crippen LogP contribution >= 0.6 is 0 Å². The van der Waals surface area contributed by atoms with Gasteiger partial charge >= 0.3 is 5.97 Å². The summed E-state index contributed by atoms with van der Waals surface area (Å²) in [4.78, 5) is 57.6. The van der Waals surface area contributed by atoms with Gasteiger partial charge in [-0.25, -0.2) is 4.79 Å². The number of nitro benzene ring substituents is 2. The second-order valence-corrected chi connectivity index (χ2v) is 6.11. The van der Waals surface area contributed by atoms with Crippen LogP contribution in [0, 0.1) is 20.2 Å². The fraction of sp³-hybridized carbons (Fsp3) is 0.105. The summed E-state index contributed by atoms with van der Waals surface area (Å²) >= 11 is 0. The monoisotopic (exact) mass is 411 g/mol. The zero-order valence-corrected chi connectivity index (χ0v) is 15.2. The van der Waals surface area contributed by atoms with Crippen LogP contribution < -0.4 is 0 Å². The number of nitro groups is 2. The standard InChI is InChI=1S/C19H13N3O8/c23-17-11-16(12-4-2-1-3-5-12)18(24)20(17)6-7-30-19(25)13-8-14(21(26)27)10-15(9-13)22(28)29/h1-5,8-11H,6-7H2. The van der Waals surface area contributed by atoms with Crippen LogP contribution in [0.3, 0.4) is 0 Å². The number of carbonyl (C=O) groups excluding carboxylic acids is 3. The van der Waals surface area contributed by atoms with Crippen molar-refractivity contribution in [1.82, 2.24) is 4.90 Å². The molecule has 1 heterocycles. The summed E-state index contributed by atoms with van der Waals surface area (Å²) in [7, 11) is 0. The molecule has 0 aromatic heterocycles. The number of esters is 1. The average Bonchev–Trinajstić information content (AvgIpc) is 3.02. The number of ether oxygens (including phenoxy) is 1. The summed E-state index contributed by atoms with van der Waals surface area (Å²) in [6.45, 7) is -0.629. The second-order valence-electron chi connectivity index (χ2n) is 6.11. The Hall–Kier alpha value is -4.41. The van der Waals surface area contributed by atoms with Gasteiger partial charge in [-0.2, -0.15) is 0 Å². The Labute approximate surface area is 168 Å². The van der Waals surface area contributed by atoms with Gasteiger partial charge in [0.15, 0.2) is 0 Å². The molecule has 0 N–H and O–H groups in total. The molecule has 1 aliphatic rings. The molecule has 1 aliphatic heterocycles. The zero-order valence-electron chi connectivity index (χ0n) is 15.2. The van der Waals surface area contributed by atoms with Crippen molar-refractivity contribution in [3.63, 3.8) is 0 Å². The van der Waals surface area contributed by atoms with E-state index in [1.54, 1.807) is 30.3 Å². The van der Waals surface area contributed by atoms with Crippen LogP contribution in [0.5, 0.6) is 0 Å². The van der Waals surface area contributed by atoms with Crippen molar-refractivity contribution in [3.8, 4) is 0 Å². The second kappa shape index (κ2) is 8.31. The Morgan fingerprint density at radius 2 is 1.57 bits per heavy atom. The highest BCUT2D eigenvalue weighted by Gasteiger charge is 2.31. The maximum Gasteiger partial charge on any atom is 0.338 e. The molecule has 2 amide bonds. The van der Waals surface area contributed by atoms with Crippen molar-refractivity contribution in [2.75, 3.05) is 13.2 Å².